The van der Waals surface area contributed by atoms with Crippen molar-refractivity contribution in [3.05, 3.63) is 28.2 Å². The summed E-state index contributed by atoms with van der Waals surface area (Å²) in [5.74, 6) is 0. The number of hydrogen-bond donors (Lipinski definition) is 2. The molecule has 0 amide bonds. The van der Waals surface area contributed by atoms with Crippen LogP contribution in [0.1, 0.15) is 13.3 Å². The van der Waals surface area contributed by atoms with Crippen molar-refractivity contribution in [3.8, 4) is 0 Å². The molecule has 0 heterocycles. The normalized spacial score (nSPS) is 12.9. The molecule has 0 saturated heterocycles. The summed E-state index contributed by atoms with van der Waals surface area (Å²) in [6.07, 6.45) is 0.570. The first-order valence-electron chi connectivity index (χ1n) is 5.03. The molecule has 0 aliphatic carbocycles. The first-order chi connectivity index (χ1) is 7.83. The maximum Gasteiger partial charge on any atom is 0.240 e. The molecule has 18 heavy (non-hydrogen) atoms. The van der Waals surface area contributed by atoms with E-state index in [1.54, 1.807) is 0 Å². The van der Waals surface area contributed by atoms with Crippen LogP contribution in [0.15, 0.2) is 23.1 Å². The fraction of sp³-hybridized carbons (Fsp3) is 0.400. The second-order valence-electron chi connectivity index (χ2n) is 3.74. The van der Waals surface area contributed by atoms with Crippen molar-refractivity contribution in [3.63, 3.8) is 0 Å². The topological polar surface area (TPSA) is 72.2 Å². The molecule has 8 heteroatoms. The van der Waals surface area contributed by atoms with Crippen LogP contribution in [0.2, 0.25) is 10.0 Å². The number of halogens is 3. The Kier molecular flexibility index (Phi) is 7.51. The van der Waals surface area contributed by atoms with E-state index < -0.39 is 10.0 Å². The molecule has 1 aromatic rings. The zero-order valence-corrected chi connectivity index (χ0v) is 12.8. The third kappa shape index (κ3) is 5.30. The molecule has 4 nitrogen and oxygen atoms in total. The Bertz CT molecular complexity index is 492. The van der Waals surface area contributed by atoms with Crippen molar-refractivity contribution >= 4 is 45.6 Å². The van der Waals surface area contributed by atoms with Crippen molar-refractivity contribution in [1.82, 2.24) is 4.72 Å². The van der Waals surface area contributed by atoms with E-state index >= 15 is 0 Å². The predicted octanol–water partition coefficient (Wildman–Crippen LogP) is 2.43. The predicted molar refractivity (Wildman–Crippen MR) is 77.2 cm³/mol. The van der Waals surface area contributed by atoms with E-state index in [-0.39, 0.29) is 28.4 Å². The van der Waals surface area contributed by atoms with Gasteiger partial charge in [0.15, 0.2) is 0 Å². The Morgan fingerprint density at radius 3 is 2.44 bits per heavy atom. The van der Waals surface area contributed by atoms with E-state index in [0.29, 0.717) is 18.0 Å². The van der Waals surface area contributed by atoms with Gasteiger partial charge in [-0.25, -0.2) is 13.1 Å². The molecule has 0 radical (unpaired) electrons. The average Bonchev–Trinajstić information content (AvgIpc) is 2.21. The summed E-state index contributed by atoms with van der Waals surface area (Å²) in [6, 6.07) is 4.12. The van der Waals surface area contributed by atoms with Crippen molar-refractivity contribution in [2.75, 3.05) is 6.54 Å². The minimum absolute atomic E-state index is 0. The summed E-state index contributed by atoms with van der Waals surface area (Å²) in [5, 5.41) is 0.530. The molecule has 3 N–H and O–H groups in total. The number of nitrogens with two attached hydrogens (primary N) is 1. The number of benzene rings is 1. The summed E-state index contributed by atoms with van der Waals surface area (Å²) < 4.78 is 26.1. The van der Waals surface area contributed by atoms with Crippen molar-refractivity contribution in [1.29, 1.82) is 0 Å². The summed E-state index contributed by atoms with van der Waals surface area (Å²) in [6.45, 7) is 2.10. The lowest BCUT2D eigenvalue weighted by Gasteiger charge is -2.09. The Labute approximate surface area is 123 Å². The van der Waals surface area contributed by atoms with E-state index in [9.17, 15) is 8.42 Å². The highest BCUT2D eigenvalue weighted by atomic mass is 35.5. The molecule has 0 aliphatic rings. The number of sulfonamides is 1. The van der Waals surface area contributed by atoms with Crippen LogP contribution in [0.4, 0.5) is 0 Å². The van der Waals surface area contributed by atoms with Crippen molar-refractivity contribution in [2.45, 2.75) is 24.3 Å². The second-order valence-corrected chi connectivity index (χ2v) is 6.32. The van der Waals surface area contributed by atoms with Crippen molar-refractivity contribution in [2.24, 2.45) is 5.73 Å². The molecule has 1 atom stereocenters. The van der Waals surface area contributed by atoms with E-state index in [2.05, 4.69) is 4.72 Å². The van der Waals surface area contributed by atoms with Crippen LogP contribution in [-0.2, 0) is 10.0 Å². The van der Waals surface area contributed by atoms with Gasteiger partial charge in [0.25, 0.3) is 0 Å². The largest absolute Gasteiger partial charge is 0.328 e. The molecule has 0 saturated carbocycles. The van der Waals surface area contributed by atoms with Gasteiger partial charge in [-0.05, 0) is 31.5 Å². The van der Waals surface area contributed by atoms with E-state index in [0.717, 1.165) is 0 Å². The molecular formula is C10H15Cl3N2O2S. The molecule has 1 rings (SSSR count). The third-order valence-corrected chi connectivity index (χ3v) is 4.29. The molecule has 0 aliphatic heterocycles. The van der Waals surface area contributed by atoms with Crippen LogP contribution >= 0.6 is 35.6 Å². The highest BCUT2D eigenvalue weighted by Crippen LogP contribution is 2.24. The molecule has 0 spiro atoms. The molecule has 0 bridgehead atoms. The minimum atomic E-state index is -3.54. The molecule has 104 valence electrons. The standard InChI is InChI=1S/C10H14Cl2N2O2S.ClH/c1-7(13)4-5-14-17(15,16)8-2-3-9(11)10(12)6-8;/h2-3,6-7,14H,4-5,13H2,1H3;1H. The monoisotopic (exact) mass is 332 g/mol. The zero-order valence-electron chi connectivity index (χ0n) is 9.69. The van der Waals surface area contributed by atoms with Gasteiger partial charge in [0.05, 0.1) is 14.9 Å². The second kappa shape index (κ2) is 7.53. The van der Waals surface area contributed by atoms with Crippen LogP contribution in [0, 0.1) is 0 Å². The first-order valence-corrected chi connectivity index (χ1v) is 7.27. The Hall–Kier alpha value is -0.0400. The SMILES string of the molecule is CC(N)CCNS(=O)(=O)c1ccc(Cl)c(Cl)c1.Cl. The van der Waals surface area contributed by atoms with Gasteiger partial charge >= 0.3 is 0 Å². The number of nitrogens with one attached hydrogen (secondary N) is 1. The third-order valence-electron chi connectivity index (χ3n) is 2.09. The van der Waals surface area contributed by atoms with Crippen LogP contribution in [0.5, 0.6) is 0 Å². The fourth-order valence-corrected chi connectivity index (χ4v) is 2.58. The summed E-state index contributed by atoms with van der Waals surface area (Å²) >= 11 is 11.5. The zero-order chi connectivity index (χ0) is 13.1. The molecule has 1 unspecified atom stereocenters. The van der Waals surface area contributed by atoms with Gasteiger partial charge in [-0.1, -0.05) is 23.2 Å². The maximum atomic E-state index is 11.8. The Morgan fingerprint density at radius 1 is 1.33 bits per heavy atom. The van der Waals surface area contributed by atoms with Gasteiger partial charge < -0.3 is 5.73 Å². The van der Waals surface area contributed by atoms with E-state index in [1.807, 2.05) is 6.92 Å². The summed E-state index contributed by atoms with van der Waals surface area (Å²) in [5.41, 5.74) is 5.53. The lowest BCUT2D eigenvalue weighted by Crippen LogP contribution is -2.29. The van der Waals surface area contributed by atoms with Crippen molar-refractivity contribution < 1.29 is 8.42 Å². The van der Waals surface area contributed by atoms with Gasteiger partial charge in [-0.2, -0.15) is 0 Å². The highest BCUT2D eigenvalue weighted by Gasteiger charge is 2.14. The molecule has 1 aromatic carbocycles. The maximum absolute atomic E-state index is 11.8. The van der Waals surface area contributed by atoms with Crippen LogP contribution in [0.25, 0.3) is 0 Å². The van der Waals surface area contributed by atoms with Crippen LogP contribution in [-0.4, -0.2) is 21.0 Å². The summed E-state index contributed by atoms with van der Waals surface area (Å²) in [4.78, 5) is 0.0941. The van der Waals surface area contributed by atoms with Crippen LogP contribution in [0.3, 0.4) is 0 Å². The lowest BCUT2D eigenvalue weighted by molar-refractivity contribution is 0.572. The summed E-state index contributed by atoms with van der Waals surface area (Å²) in [7, 11) is -3.54. The van der Waals surface area contributed by atoms with Gasteiger partial charge in [-0.15, -0.1) is 12.4 Å². The lowest BCUT2D eigenvalue weighted by atomic mass is 10.3. The van der Waals surface area contributed by atoms with E-state index in [1.165, 1.54) is 18.2 Å². The first kappa shape index (κ1) is 18.0. The molecule has 0 aromatic heterocycles. The smallest absolute Gasteiger partial charge is 0.240 e. The van der Waals surface area contributed by atoms with Gasteiger partial charge in [0.2, 0.25) is 10.0 Å². The van der Waals surface area contributed by atoms with Gasteiger partial charge in [0.1, 0.15) is 0 Å². The number of rotatable bonds is 5. The van der Waals surface area contributed by atoms with Gasteiger partial charge in [0, 0.05) is 12.6 Å². The molecule has 0 fully saturated rings. The highest BCUT2D eigenvalue weighted by molar-refractivity contribution is 7.89. The fourth-order valence-electron chi connectivity index (χ4n) is 1.15. The van der Waals surface area contributed by atoms with Gasteiger partial charge in [-0.3, -0.25) is 0 Å². The number of hydrogen-bond acceptors (Lipinski definition) is 3. The average molecular weight is 334 g/mol. The minimum Gasteiger partial charge on any atom is -0.328 e. The Balaban J connectivity index is 0.00000289. The van der Waals surface area contributed by atoms with Crippen LogP contribution < -0.4 is 10.5 Å². The quantitative estimate of drug-likeness (QED) is 0.869. The molecular weight excluding hydrogens is 319 g/mol. The van der Waals surface area contributed by atoms with E-state index in [4.69, 9.17) is 28.9 Å². The Morgan fingerprint density at radius 2 is 1.94 bits per heavy atom.